The van der Waals surface area contributed by atoms with Gasteiger partial charge in [-0.15, -0.1) is 0 Å². The van der Waals surface area contributed by atoms with E-state index >= 15 is 0 Å². The summed E-state index contributed by atoms with van der Waals surface area (Å²) in [6.45, 7) is 5.08. The Labute approximate surface area is 123 Å². The minimum atomic E-state index is -0.155. The van der Waals surface area contributed by atoms with Crippen molar-refractivity contribution in [1.82, 2.24) is 5.32 Å². The number of nitrogen functional groups attached to an aromatic ring is 1. The van der Waals surface area contributed by atoms with Gasteiger partial charge in [0.1, 0.15) is 0 Å². The van der Waals surface area contributed by atoms with Crippen LogP contribution in [0.2, 0.25) is 10.0 Å². The molecule has 1 aliphatic rings. The molecule has 0 unspecified atom stereocenters. The van der Waals surface area contributed by atoms with E-state index in [2.05, 4.69) is 19.2 Å². The van der Waals surface area contributed by atoms with Crippen LogP contribution < -0.4 is 11.1 Å². The standard InChI is InChI=1S/C14H18Cl2N2O/c1-8(2)14(3-4-14)7-18-13(19)9-5-10(15)12(16)11(17)6-9/h5-6,8H,3-4,7,17H2,1-2H3,(H,18,19). The van der Waals surface area contributed by atoms with Gasteiger partial charge in [-0.25, -0.2) is 0 Å². The Morgan fingerprint density at radius 3 is 2.53 bits per heavy atom. The summed E-state index contributed by atoms with van der Waals surface area (Å²) in [4.78, 5) is 12.1. The van der Waals surface area contributed by atoms with Gasteiger partial charge in [0.15, 0.2) is 0 Å². The lowest BCUT2D eigenvalue weighted by Gasteiger charge is -2.20. The summed E-state index contributed by atoms with van der Waals surface area (Å²) < 4.78 is 0. The largest absolute Gasteiger partial charge is 0.397 e. The molecule has 5 heteroatoms. The third-order valence-electron chi connectivity index (χ3n) is 4.04. The van der Waals surface area contributed by atoms with Crippen LogP contribution in [0.1, 0.15) is 37.0 Å². The monoisotopic (exact) mass is 300 g/mol. The summed E-state index contributed by atoms with van der Waals surface area (Å²) >= 11 is 11.8. The minimum Gasteiger partial charge on any atom is -0.397 e. The Bertz CT molecular complexity index is 487. The minimum absolute atomic E-state index is 0.155. The van der Waals surface area contributed by atoms with E-state index in [-0.39, 0.29) is 11.3 Å². The second-order valence-electron chi connectivity index (χ2n) is 5.56. The molecule has 0 aromatic heterocycles. The quantitative estimate of drug-likeness (QED) is 0.832. The highest BCUT2D eigenvalue weighted by atomic mass is 35.5. The van der Waals surface area contributed by atoms with E-state index in [1.807, 2.05) is 0 Å². The number of carbonyl (C=O) groups is 1. The predicted octanol–water partition coefficient (Wildman–Crippen LogP) is 3.74. The second-order valence-corrected chi connectivity index (χ2v) is 6.35. The molecule has 1 aromatic carbocycles. The predicted molar refractivity (Wildman–Crippen MR) is 79.7 cm³/mol. The number of nitrogens with one attached hydrogen (secondary N) is 1. The first-order valence-corrected chi connectivity index (χ1v) is 7.14. The number of benzene rings is 1. The third-order valence-corrected chi connectivity index (χ3v) is 4.85. The molecular weight excluding hydrogens is 283 g/mol. The molecule has 0 atom stereocenters. The topological polar surface area (TPSA) is 55.1 Å². The average Bonchev–Trinajstić information content (AvgIpc) is 3.13. The van der Waals surface area contributed by atoms with Crippen molar-refractivity contribution in [3.63, 3.8) is 0 Å². The van der Waals surface area contributed by atoms with E-state index in [1.54, 1.807) is 12.1 Å². The summed E-state index contributed by atoms with van der Waals surface area (Å²) in [5, 5.41) is 3.55. The van der Waals surface area contributed by atoms with E-state index in [0.717, 1.165) is 0 Å². The molecule has 0 bridgehead atoms. The van der Waals surface area contributed by atoms with Crippen LogP contribution >= 0.6 is 23.2 Å². The van der Waals surface area contributed by atoms with Crippen LogP contribution in [0.15, 0.2) is 12.1 Å². The zero-order valence-corrected chi connectivity index (χ0v) is 12.6. The molecule has 19 heavy (non-hydrogen) atoms. The fourth-order valence-corrected chi connectivity index (χ4v) is 2.55. The van der Waals surface area contributed by atoms with Gasteiger partial charge in [0.2, 0.25) is 0 Å². The van der Waals surface area contributed by atoms with E-state index in [4.69, 9.17) is 28.9 Å². The Hall–Kier alpha value is -0.930. The average molecular weight is 301 g/mol. The zero-order chi connectivity index (χ0) is 14.2. The number of carbonyl (C=O) groups excluding carboxylic acids is 1. The lowest BCUT2D eigenvalue weighted by Crippen LogP contribution is -2.32. The number of amides is 1. The molecule has 1 aliphatic carbocycles. The highest BCUT2D eigenvalue weighted by molar-refractivity contribution is 6.43. The number of anilines is 1. The maximum Gasteiger partial charge on any atom is 0.251 e. The van der Waals surface area contributed by atoms with Gasteiger partial charge in [-0.3, -0.25) is 4.79 Å². The number of nitrogens with two attached hydrogens (primary N) is 1. The van der Waals surface area contributed by atoms with E-state index in [1.165, 1.54) is 12.8 Å². The summed E-state index contributed by atoms with van der Waals surface area (Å²) in [6.07, 6.45) is 2.35. The molecule has 3 N–H and O–H groups in total. The summed E-state index contributed by atoms with van der Waals surface area (Å²) in [5.41, 5.74) is 6.75. The molecule has 1 amide bonds. The number of hydrogen-bond donors (Lipinski definition) is 2. The number of halogens is 2. The van der Waals surface area contributed by atoms with Crippen molar-refractivity contribution < 1.29 is 4.79 Å². The van der Waals surface area contributed by atoms with Crippen LogP contribution in [0.3, 0.4) is 0 Å². The van der Waals surface area contributed by atoms with Crippen LogP contribution in [-0.4, -0.2) is 12.5 Å². The SMILES string of the molecule is CC(C)C1(CNC(=O)c2cc(N)c(Cl)c(Cl)c2)CC1. The molecule has 3 nitrogen and oxygen atoms in total. The molecule has 0 spiro atoms. The molecule has 0 radical (unpaired) electrons. The van der Waals surface area contributed by atoms with Gasteiger partial charge in [0, 0.05) is 12.1 Å². The van der Waals surface area contributed by atoms with Gasteiger partial charge in [-0.1, -0.05) is 37.0 Å². The van der Waals surface area contributed by atoms with E-state index < -0.39 is 0 Å². The molecule has 1 saturated carbocycles. The van der Waals surface area contributed by atoms with Gasteiger partial charge in [0.25, 0.3) is 5.91 Å². The zero-order valence-electron chi connectivity index (χ0n) is 11.1. The molecule has 1 aromatic rings. The molecule has 104 valence electrons. The van der Waals surface area contributed by atoms with Crippen LogP contribution in [0.25, 0.3) is 0 Å². The molecule has 0 heterocycles. The highest BCUT2D eigenvalue weighted by Crippen LogP contribution is 2.51. The highest BCUT2D eigenvalue weighted by Gasteiger charge is 2.45. The molecule has 0 aliphatic heterocycles. The van der Waals surface area contributed by atoms with E-state index in [9.17, 15) is 4.79 Å². The van der Waals surface area contributed by atoms with E-state index in [0.29, 0.717) is 33.8 Å². The van der Waals surface area contributed by atoms with Crippen molar-refractivity contribution in [3.8, 4) is 0 Å². The maximum atomic E-state index is 12.1. The Morgan fingerprint density at radius 1 is 1.42 bits per heavy atom. The smallest absolute Gasteiger partial charge is 0.251 e. The molecular formula is C14H18Cl2N2O. The Kier molecular flexibility index (Phi) is 3.98. The summed E-state index contributed by atoms with van der Waals surface area (Å²) in [7, 11) is 0. The molecule has 2 rings (SSSR count). The molecule has 1 fully saturated rings. The van der Waals surface area contributed by atoms with Crippen LogP contribution in [0.4, 0.5) is 5.69 Å². The van der Waals surface area contributed by atoms with Crippen molar-refractivity contribution in [2.75, 3.05) is 12.3 Å². The molecule has 0 saturated heterocycles. The number of hydrogen-bond acceptors (Lipinski definition) is 2. The second kappa shape index (κ2) is 5.22. The Balaban J connectivity index is 2.05. The van der Waals surface area contributed by atoms with Gasteiger partial charge in [-0.05, 0) is 36.3 Å². The van der Waals surface area contributed by atoms with Crippen molar-refractivity contribution in [1.29, 1.82) is 0 Å². The first-order valence-electron chi connectivity index (χ1n) is 6.38. The van der Waals surface area contributed by atoms with Gasteiger partial charge in [-0.2, -0.15) is 0 Å². The van der Waals surface area contributed by atoms with Crippen LogP contribution in [0, 0.1) is 11.3 Å². The van der Waals surface area contributed by atoms with Crippen molar-refractivity contribution in [2.45, 2.75) is 26.7 Å². The normalized spacial score (nSPS) is 16.5. The fraction of sp³-hybridized carbons (Fsp3) is 0.500. The third kappa shape index (κ3) is 2.98. The van der Waals surface area contributed by atoms with Crippen molar-refractivity contribution in [3.05, 3.63) is 27.7 Å². The first kappa shape index (κ1) is 14.5. The van der Waals surface area contributed by atoms with Crippen molar-refractivity contribution in [2.24, 2.45) is 11.3 Å². The number of rotatable bonds is 4. The van der Waals surface area contributed by atoms with Crippen LogP contribution in [-0.2, 0) is 0 Å². The summed E-state index contributed by atoms with van der Waals surface area (Å²) in [6, 6.07) is 3.10. The lowest BCUT2D eigenvalue weighted by atomic mass is 9.92. The van der Waals surface area contributed by atoms with Gasteiger partial charge < -0.3 is 11.1 Å². The first-order chi connectivity index (χ1) is 8.85. The van der Waals surface area contributed by atoms with Gasteiger partial charge in [0.05, 0.1) is 15.7 Å². The van der Waals surface area contributed by atoms with Crippen molar-refractivity contribution >= 4 is 34.8 Å². The summed E-state index contributed by atoms with van der Waals surface area (Å²) in [5.74, 6) is 0.420. The van der Waals surface area contributed by atoms with Crippen LogP contribution in [0.5, 0.6) is 0 Å². The lowest BCUT2D eigenvalue weighted by molar-refractivity contribution is 0.0940. The Morgan fingerprint density at radius 2 is 2.05 bits per heavy atom. The fourth-order valence-electron chi connectivity index (χ4n) is 2.22. The van der Waals surface area contributed by atoms with Gasteiger partial charge >= 0.3 is 0 Å². The maximum absolute atomic E-state index is 12.1.